The normalized spacial score (nSPS) is 17.9. The van der Waals surface area contributed by atoms with E-state index in [2.05, 4.69) is 10.4 Å². The highest BCUT2D eigenvalue weighted by atomic mass is 16.4. The number of anilines is 2. The summed E-state index contributed by atoms with van der Waals surface area (Å²) in [6.45, 7) is 1.40. The van der Waals surface area contributed by atoms with Crippen molar-refractivity contribution in [2.24, 2.45) is 5.92 Å². The zero-order valence-electron chi connectivity index (χ0n) is 9.47. The topological polar surface area (TPSA) is 91.5 Å². The van der Waals surface area contributed by atoms with Gasteiger partial charge in [0, 0.05) is 19.3 Å². The van der Waals surface area contributed by atoms with Crippen molar-refractivity contribution in [1.29, 1.82) is 0 Å². The molecule has 1 aliphatic rings. The largest absolute Gasteiger partial charge is 0.481 e. The first-order valence-electron chi connectivity index (χ1n) is 5.61. The van der Waals surface area contributed by atoms with Gasteiger partial charge < -0.3 is 16.3 Å². The van der Waals surface area contributed by atoms with Gasteiger partial charge >= 0.3 is 5.97 Å². The number of nitrogens with two attached hydrogens (primary N) is 1. The summed E-state index contributed by atoms with van der Waals surface area (Å²) in [5.74, 6) is -0.474. The van der Waals surface area contributed by atoms with E-state index in [1.807, 2.05) is 17.1 Å². The number of pyridine rings is 1. The SMILES string of the molecule is Nc1ncccc1NN1CCC(C(=O)O)CC1. The number of piperidine rings is 1. The molecule has 0 bridgehead atoms. The lowest BCUT2D eigenvalue weighted by Crippen LogP contribution is -2.40. The molecule has 4 N–H and O–H groups in total. The number of carboxylic acid groups (broad SMARTS) is 1. The molecular weight excluding hydrogens is 220 g/mol. The van der Waals surface area contributed by atoms with Crippen LogP contribution in [0.25, 0.3) is 0 Å². The highest BCUT2D eigenvalue weighted by Crippen LogP contribution is 2.20. The van der Waals surface area contributed by atoms with Crippen LogP contribution in [-0.2, 0) is 4.79 Å². The van der Waals surface area contributed by atoms with Crippen molar-refractivity contribution in [2.45, 2.75) is 12.8 Å². The van der Waals surface area contributed by atoms with Crippen molar-refractivity contribution in [3.63, 3.8) is 0 Å². The van der Waals surface area contributed by atoms with E-state index in [0.29, 0.717) is 31.7 Å². The van der Waals surface area contributed by atoms with E-state index in [1.165, 1.54) is 0 Å². The van der Waals surface area contributed by atoms with Gasteiger partial charge in [0.25, 0.3) is 0 Å². The smallest absolute Gasteiger partial charge is 0.306 e. The minimum absolute atomic E-state index is 0.223. The number of nitrogens with one attached hydrogen (secondary N) is 1. The Morgan fingerprint density at radius 1 is 1.53 bits per heavy atom. The molecule has 1 saturated heterocycles. The molecule has 0 spiro atoms. The quantitative estimate of drug-likeness (QED) is 0.718. The molecule has 0 saturated carbocycles. The molecule has 0 atom stereocenters. The Hall–Kier alpha value is -1.82. The van der Waals surface area contributed by atoms with Crippen LogP contribution >= 0.6 is 0 Å². The Bertz CT molecular complexity index is 402. The molecule has 1 aromatic heterocycles. The second kappa shape index (κ2) is 5.01. The number of hydrazine groups is 1. The first-order valence-corrected chi connectivity index (χ1v) is 5.61. The second-order valence-corrected chi connectivity index (χ2v) is 4.15. The molecule has 1 aliphatic heterocycles. The Morgan fingerprint density at radius 2 is 2.24 bits per heavy atom. The van der Waals surface area contributed by atoms with Gasteiger partial charge in [-0.05, 0) is 25.0 Å². The fourth-order valence-corrected chi connectivity index (χ4v) is 1.92. The van der Waals surface area contributed by atoms with E-state index in [0.717, 1.165) is 5.69 Å². The predicted octanol–water partition coefficient (Wildman–Crippen LogP) is 0.787. The minimum Gasteiger partial charge on any atom is -0.481 e. The van der Waals surface area contributed by atoms with Crippen molar-refractivity contribution in [1.82, 2.24) is 9.99 Å². The van der Waals surface area contributed by atoms with E-state index >= 15 is 0 Å². The lowest BCUT2D eigenvalue weighted by atomic mass is 9.98. The van der Waals surface area contributed by atoms with E-state index in [9.17, 15) is 4.79 Å². The maximum absolute atomic E-state index is 10.8. The number of aromatic nitrogens is 1. The van der Waals surface area contributed by atoms with Crippen molar-refractivity contribution in [3.05, 3.63) is 18.3 Å². The molecule has 17 heavy (non-hydrogen) atoms. The van der Waals surface area contributed by atoms with Gasteiger partial charge in [-0.15, -0.1) is 0 Å². The van der Waals surface area contributed by atoms with E-state index < -0.39 is 5.97 Å². The summed E-state index contributed by atoms with van der Waals surface area (Å²) in [6.07, 6.45) is 2.95. The fourth-order valence-electron chi connectivity index (χ4n) is 1.92. The first-order chi connectivity index (χ1) is 8.16. The Morgan fingerprint density at radius 3 is 2.82 bits per heavy atom. The monoisotopic (exact) mass is 236 g/mol. The maximum Gasteiger partial charge on any atom is 0.306 e. The van der Waals surface area contributed by atoms with Crippen LogP contribution < -0.4 is 11.2 Å². The highest BCUT2D eigenvalue weighted by molar-refractivity contribution is 5.70. The molecule has 2 heterocycles. The van der Waals surface area contributed by atoms with Gasteiger partial charge in [-0.3, -0.25) is 4.79 Å². The second-order valence-electron chi connectivity index (χ2n) is 4.15. The summed E-state index contributed by atoms with van der Waals surface area (Å²) in [5.41, 5.74) is 9.65. The van der Waals surface area contributed by atoms with Crippen molar-refractivity contribution in [3.8, 4) is 0 Å². The standard InChI is InChI=1S/C11H16N4O2/c12-10-9(2-1-5-13-10)14-15-6-3-8(4-7-15)11(16)17/h1-2,5,8,14H,3-4,6-7H2,(H2,12,13)(H,16,17). The van der Waals surface area contributed by atoms with Crippen molar-refractivity contribution in [2.75, 3.05) is 24.2 Å². The number of hydrogen-bond donors (Lipinski definition) is 3. The molecular formula is C11H16N4O2. The van der Waals surface area contributed by atoms with Gasteiger partial charge in [-0.25, -0.2) is 9.99 Å². The summed E-state index contributed by atoms with van der Waals surface area (Å²) in [4.78, 5) is 14.8. The van der Waals surface area contributed by atoms with Crippen LogP contribution in [0.1, 0.15) is 12.8 Å². The molecule has 2 rings (SSSR count). The van der Waals surface area contributed by atoms with Crippen molar-refractivity contribution >= 4 is 17.5 Å². The molecule has 0 unspecified atom stereocenters. The Balaban J connectivity index is 1.90. The Kier molecular flexibility index (Phi) is 3.43. The van der Waals surface area contributed by atoms with Crippen LogP contribution in [-0.4, -0.2) is 34.2 Å². The average molecular weight is 236 g/mol. The zero-order valence-corrected chi connectivity index (χ0v) is 9.47. The average Bonchev–Trinajstić information content (AvgIpc) is 2.33. The molecule has 6 nitrogen and oxygen atoms in total. The molecule has 0 amide bonds. The summed E-state index contributed by atoms with van der Waals surface area (Å²) in [6, 6.07) is 3.66. The number of rotatable bonds is 3. The fraction of sp³-hybridized carbons (Fsp3) is 0.455. The van der Waals surface area contributed by atoms with Crippen LogP contribution in [0.3, 0.4) is 0 Å². The summed E-state index contributed by atoms with van der Waals surface area (Å²) in [7, 11) is 0. The van der Waals surface area contributed by atoms with Gasteiger partial charge in [0.05, 0.1) is 11.6 Å². The molecule has 92 valence electrons. The minimum atomic E-state index is -0.703. The van der Waals surface area contributed by atoms with Gasteiger partial charge in [0.2, 0.25) is 0 Å². The summed E-state index contributed by atoms with van der Waals surface area (Å²) < 4.78 is 0. The van der Waals surface area contributed by atoms with E-state index in [1.54, 1.807) is 6.20 Å². The van der Waals surface area contributed by atoms with Crippen LogP contribution in [0.15, 0.2) is 18.3 Å². The maximum atomic E-state index is 10.8. The zero-order chi connectivity index (χ0) is 12.3. The lowest BCUT2D eigenvalue weighted by Gasteiger charge is -2.31. The van der Waals surface area contributed by atoms with Gasteiger partial charge in [0.1, 0.15) is 5.82 Å². The van der Waals surface area contributed by atoms with E-state index in [-0.39, 0.29) is 5.92 Å². The number of aliphatic carboxylic acids is 1. The molecule has 0 aliphatic carbocycles. The third-order valence-corrected chi connectivity index (χ3v) is 2.96. The first kappa shape index (κ1) is 11.7. The predicted molar refractivity (Wildman–Crippen MR) is 64.2 cm³/mol. The summed E-state index contributed by atoms with van der Waals surface area (Å²) >= 11 is 0. The van der Waals surface area contributed by atoms with Crippen LogP contribution in [0, 0.1) is 5.92 Å². The van der Waals surface area contributed by atoms with Crippen LogP contribution in [0.2, 0.25) is 0 Å². The van der Waals surface area contributed by atoms with Crippen LogP contribution in [0.5, 0.6) is 0 Å². The third-order valence-electron chi connectivity index (χ3n) is 2.96. The van der Waals surface area contributed by atoms with Crippen molar-refractivity contribution < 1.29 is 9.90 Å². The highest BCUT2D eigenvalue weighted by Gasteiger charge is 2.24. The van der Waals surface area contributed by atoms with Gasteiger partial charge in [-0.1, -0.05) is 0 Å². The molecule has 0 radical (unpaired) electrons. The number of nitrogen functional groups attached to an aromatic ring is 1. The Labute approximate surface area is 99.4 Å². The van der Waals surface area contributed by atoms with Gasteiger partial charge in [-0.2, -0.15) is 0 Å². The number of carboxylic acids is 1. The number of nitrogens with zero attached hydrogens (tertiary/aromatic N) is 2. The molecule has 1 aromatic rings. The third kappa shape index (κ3) is 2.85. The molecule has 6 heteroatoms. The number of carbonyl (C=O) groups is 1. The molecule has 0 aromatic carbocycles. The number of hydrogen-bond acceptors (Lipinski definition) is 5. The van der Waals surface area contributed by atoms with Crippen LogP contribution in [0.4, 0.5) is 11.5 Å². The van der Waals surface area contributed by atoms with Gasteiger partial charge in [0.15, 0.2) is 0 Å². The lowest BCUT2D eigenvalue weighted by molar-refractivity contribution is -0.143. The summed E-state index contributed by atoms with van der Waals surface area (Å²) in [5, 5.41) is 10.9. The van der Waals surface area contributed by atoms with E-state index in [4.69, 9.17) is 10.8 Å². The molecule has 1 fully saturated rings.